The van der Waals surface area contributed by atoms with Crippen molar-refractivity contribution < 1.29 is 19.1 Å². The second kappa shape index (κ2) is 6.03. The van der Waals surface area contributed by atoms with Crippen LogP contribution in [0.1, 0.15) is 33.1 Å². The molecule has 1 fully saturated rings. The summed E-state index contributed by atoms with van der Waals surface area (Å²) in [5.74, 6) is -0.559. The van der Waals surface area contributed by atoms with Crippen molar-refractivity contribution in [3.8, 4) is 0 Å². The lowest BCUT2D eigenvalue weighted by atomic mass is 9.71. The zero-order valence-electron chi connectivity index (χ0n) is 11.1. The van der Waals surface area contributed by atoms with Crippen LogP contribution in [0, 0.1) is 23.7 Å². The van der Waals surface area contributed by atoms with Crippen molar-refractivity contribution >= 4 is 11.9 Å². The molecule has 0 radical (unpaired) electrons. The Kier molecular flexibility index (Phi) is 4.97. The minimum Gasteiger partial charge on any atom is -0.468 e. The van der Waals surface area contributed by atoms with E-state index in [-0.39, 0.29) is 5.92 Å². The van der Waals surface area contributed by atoms with Gasteiger partial charge in [0, 0.05) is 0 Å². The lowest BCUT2D eigenvalue weighted by Crippen LogP contribution is -2.37. The first kappa shape index (κ1) is 14.0. The molecule has 0 aromatic heterocycles. The highest BCUT2D eigenvalue weighted by atomic mass is 16.5. The number of hydrogen-bond acceptors (Lipinski definition) is 4. The Bertz CT molecular complexity index is 261. The lowest BCUT2D eigenvalue weighted by molar-refractivity contribution is -0.162. The molecule has 2 atom stereocenters. The summed E-state index contributed by atoms with van der Waals surface area (Å²) in [6.45, 7) is 4.32. The maximum Gasteiger partial charge on any atom is 0.320 e. The maximum atomic E-state index is 11.7. The molecule has 4 nitrogen and oxygen atoms in total. The van der Waals surface area contributed by atoms with Crippen molar-refractivity contribution in [2.45, 2.75) is 33.1 Å². The number of methoxy groups -OCH3 is 2. The molecule has 0 amide bonds. The molecule has 98 valence electrons. The number of ether oxygens (including phenoxy) is 2. The van der Waals surface area contributed by atoms with Gasteiger partial charge in [0.1, 0.15) is 0 Å². The molecule has 0 spiro atoms. The van der Waals surface area contributed by atoms with E-state index < -0.39 is 17.9 Å². The average molecular weight is 242 g/mol. The van der Waals surface area contributed by atoms with Gasteiger partial charge in [-0.1, -0.05) is 13.8 Å². The van der Waals surface area contributed by atoms with Crippen LogP contribution in [-0.4, -0.2) is 26.2 Å². The highest BCUT2D eigenvalue weighted by Crippen LogP contribution is 2.37. The van der Waals surface area contributed by atoms with Crippen LogP contribution in [-0.2, 0) is 19.1 Å². The highest BCUT2D eigenvalue weighted by Gasteiger charge is 2.40. The molecule has 0 heterocycles. The minimum atomic E-state index is -0.754. The van der Waals surface area contributed by atoms with E-state index in [4.69, 9.17) is 9.47 Å². The summed E-state index contributed by atoms with van der Waals surface area (Å²) in [6.07, 6.45) is 2.93. The van der Waals surface area contributed by atoms with Crippen molar-refractivity contribution in [1.29, 1.82) is 0 Å². The van der Waals surface area contributed by atoms with E-state index in [1.807, 2.05) is 0 Å². The van der Waals surface area contributed by atoms with Gasteiger partial charge in [-0.15, -0.1) is 0 Å². The van der Waals surface area contributed by atoms with Crippen molar-refractivity contribution in [1.82, 2.24) is 0 Å². The van der Waals surface area contributed by atoms with Crippen LogP contribution in [0.2, 0.25) is 0 Å². The monoisotopic (exact) mass is 242 g/mol. The first-order chi connectivity index (χ1) is 7.99. The molecular formula is C13H22O4. The SMILES string of the molecule is COC(=O)C(C(=O)OC)C1CC(C)CC(C)C1. The number of carbonyl (C=O) groups excluding carboxylic acids is 2. The van der Waals surface area contributed by atoms with E-state index in [0.717, 1.165) is 19.3 Å². The molecule has 0 aromatic carbocycles. The van der Waals surface area contributed by atoms with E-state index in [2.05, 4.69) is 13.8 Å². The molecule has 4 heteroatoms. The van der Waals surface area contributed by atoms with E-state index >= 15 is 0 Å². The Hall–Kier alpha value is -1.06. The standard InChI is InChI=1S/C13H22O4/c1-8-5-9(2)7-10(6-8)11(12(14)16-3)13(15)17-4/h8-11H,5-7H2,1-4H3. The number of esters is 2. The Morgan fingerprint density at radius 3 is 1.71 bits per heavy atom. The van der Waals surface area contributed by atoms with Gasteiger partial charge in [-0.05, 0) is 37.0 Å². The molecule has 0 aliphatic heterocycles. The number of hydrogen-bond donors (Lipinski definition) is 0. The number of carbonyl (C=O) groups is 2. The van der Waals surface area contributed by atoms with E-state index in [1.54, 1.807) is 0 Å². The first-order valence-electron chi connectivity index (χ1n) is 6.15. The molecule has 2 unspecified atom stereocenters. The van der Waals surface area contributed by atoms with Crippen LogP contribution in [0.5, 0.6) is 0 Å². The Labute approximate surface area is 103 Å². The van der Waals surface area contributed by atoms with Gasteiger partial charge in [0.25, 0.3) is 0 Å². The molecule has 0 bridgehead atoms. The van der Waals surface area contributed by atoms with Crippen LogP contribution < -0.4 is 0 Å². The molecule has 0 saturated heterocycles. The summed E-state index contributed by atoms with van der Waals surface area (Å²) in [4.78, 5) is 23.4. The fourth-order valence-corrected chi connectivity index (χ4v) is 3.02. The third kappa shape index (κ3) is 3.45. The molecular weight excluding hydrogens is 220 g/mol. The fraction of sp³-hybridized carbons (Fsp3) is 0.846. The quantitative estimate of drug-likeness (QED) is 0.561. The van der Waals surface area contributed by atoms with Crippen molar-refractivity contribution in [3.05, 3.63) is 0 Å². The van der Waals surface area contributed by atoms with E-state index in [1.165, 1.54) is 14.2 Å². The predicted molar refractivity (Wildman–Crippen MR) is 63.2 cm³/mol. The van der Waals surface area contributed by atoms with Gasteiger partial charge in [0.2, 0.25) is 0 Å². The van der Waals surface area contributed by atoms with Gasteiger partial charge < -0.3 is 9.47 Å². The van der Waals surface area contributed by atoms with Gasteiger partial charge in [-0.25, -0.2) is 0 Å². The third-order valence-corrected chi connectivity index (χ3v) is 3.60. The number of rotatable bonds is 3. The van der Waals surface area contributed by atoms with Gasteiger partial charge in [-0.3, -0.25) is 9.59 Å². The largest absolute Gasteiger partial charge is 0.468 e. The zero-order chi connectivity index (χ0) is 13.0. The van der Waals surface area contributed by atoms with E-state index in [0.29, 0.717) is 11.8 Å². The Morgan fingerprint density at radius 1 is 0.941 bits per heavy atom. The first-order valence-corrected chi connectivity index (χ1v) is 6.15. The van der Waals surface area contributed by atoms with Crippen LogP contribution in [0.3, 0.4) is 0 Å². The third-order valence-electron chi connectivity index (χ3n) is 3.60. The van der Waals surface area contributed by atoms with E-state index in [9.17, 15) is 9.59 Å². The van der Waals surface area contributed by atoms with Gasteiger partial charge >= 0.3 is 11.9 Å². The second-order valence-corrected chi connectivity index (χ2v) is 5.20. The van der Waals surface area contributed by atoms with Gasteiger partial charge in [0.05, 0.1) is 14.2 Å². The van der Waals surface area contributed by atoms with Crippen molar-refractivity contribution in [2.24, 2.45) is 23.7 Å². The van der Waals surface area contributed by atoms with Gasteiger partial charge in [-0.2, -0.15) is 0 Å². The fourth-order valence-electron chi connectivity index (χ4n) is 3.02. The Morgan fingerprint density at radius 2 is 1.35 bits per heavy atom. The van der Waals surface area contributed by atoms with Crippen LogP contribution in [0.25, 0.3) is 0 Å². The summed E-state index contributed by atoms with van der Waals surface area (Å²) in [7, 11) is 2.63. The predicted octanol–water partition coefficient (Wildman–Crippen LogP) is 2.02. The topological polar surface area (TPSA) is 52.6 Å². The smallest absolute Gasteiger partial charge is 0.320 e. The molecule has 0 N–H and O–H groups in total. The lowest BCUT2D eigenvalue weighted by Gasteiger charge is -2.34. The molecule has 1 rings (SSSR count). The molecule has 1 saturated carbocycles. The summed E-state index contributed by atoms with van der Waals surface area (Å²) < 4.78 is 9.44. The van der Waals surface area contributed by atoms with Crippen LogP contribution in [0.4, 0.5) is 0 Å². The summed E-state index contributed by atoms with van der Waals surface area (Å²) in [5, 5.41) is 0. The summed E-state index contributed by atoms with van der Waals surface area (Å²) in [6, 6.07) is 0. The summed E-state index contributed by atoms with van der Waals surface area (Å²) in [5.41, 5.74) is 0. The van der Waals surface area contributed by atoms with Crippen LogP contribution in [0.15, 0.2) is 0 Å². The minimum absolute atomic E-state index is 0.0497. The average Bonchev–Trinajstić information content (AvgIpc) is 2.27. The summed E-state index contributed by atoms with van der Waals surface area (Å²) >= 11 is 0. The van der Waals surface area contributed by atoms with Crippen molar-refractivity contribution in [3.63, 3.8) is 0 Å². The second-order valence-electron chi connectivity index (χ2n) is 5.20. The Balaban J connectivity index is 2.82. The normalized spacial score (nSPS) is 28.9. The highest BCUT2D eigenvalue weighted by molar-refractivity contribution is 5.95. The maximum absolute atomic E-state index is 11.7. The van der Waals surface area contributed by atoms with Crippen molar-refractivity contribution in [2.75, 3.05) is 14.2 Å². The zero-order valence-corrected chi connectivity index (χ0v) is 11.1. The molecule has 17 heavy (non-hydrogen) atoms. The molecule has 1 aliphatic rings. The van der Waals surface area contributed by atoms with Crippen LogP contribution >= 0.6 is 0 Å². The molecule has 1 aliphatic carbocycles. The van der Waals surface area contributed by atoms with Gasteiger partial charge in [0.15, 0.2) is 5.92 Å². The molecule has 0 aromatic rings.